The maximum Gasteiger partial charge on any atom is 0.271 e. The summed E-state index contributed by atoms with van der Waals surface area (Å²) in [5.74, 6) is -0.293. The van der Waals surface area contributed by atoms with Crippen molar-refractivity contribution in [2.24, 2.45) is 5.10 Å². The molecule has 108 valence electrons. The summed E-state index contributed by atoms with van der Waals surface area (Å²) in [5.41, 5.74) is 3.93. The maximum atomic E-state index is 12.0. The molecule has 0 atom stereocenters. The molecule has 1 N–H and O–H groups in total. The van der Waals surface area contributed by atoms with Gasteiger partial charge < -0.3 is 0 Å². The Hall–Kier alpha value is -2.65. The molecule has 0 fully saturated rings. The number of amides is 1. The van der Waals surface area contributed by atoms with Crippen molar-refractivity contribution >= 4 is 34.5 Å². The molecule has 4 heteroatoms. The number of hydrogen-bond donors (Lipinski definition) is 1. The molecule has 0 aliphatic heterocycles. The molecule has 0 unspecified atom stereocenters. The standard InChI is InChI=1S/C18H13ClN2O/c19-16-9-4-7-14(11-16)18(22)21-20-12-15-8-3-6-13-5-1-2-10-17(13)15/h1-12H,(H,21,22)/b20-12-. The summed E-state index contributed by atoms with van der Waals surface area (Å²) in [4.78, 5) is 12.0. The minimum absolute atomic E-state index is 0.293. The molecule has 3 aromatic rings. The van der Waals surface area contributed by atoms with Gasteiger partial charge in [0.2, 0.25) is 0 Å². The quantitative estimate of drug-likeness (QED) is 0.570. The highest BCUT2D eigenvalue weighted by Gasteiger charge is 2.04. The van der Waals surface area contributed by atoms with E-state index in [1.165, 1.54) is 0 Å². The second kappa shape index (κ2) is 6.41. The largest absolute Gasteiger partial charge is 0.271 e. The second-order valence-electron chi connectivity index (χ2n) is 4.78. The van der Waals surface area contributed by atoms with Gasteiger partial charge in [-0.2, -0.15) is 5.10 Å². The Labute approximate surface area is 133 Å². The van der Waals surface area contributed by atoms with Crippen LogP contribution in [0.1, 0.15) is 15.9 Å². The molecule has 22 heavy (non-hydrogen) atoms. The van der Waals surface area contributed by atoms with Crippen molar-refractivity contribution < 1.29 is 4.79 Å². The molecule has 0 saturated carbocycles. The Bertz CT molecular complexity index is 853. The van der Waals surface area contributed by atoms with Gasteiger partial charge in [0.05, 0.1) is 6.21 Å². The van der Waals surface area contributed by atoms with E-state index in [2.05, 4.69) is 10.5 Å². The van der Waals surface area contributed by atoms with E-state index in [4.69, 9.17) is 11.6 Å². The predicted molar refractivity (Wildman–Crippen MR) is 90.5 cm³/mol. The van der Waals surface area contributed by atoms with Gasteiger partial charge >= 0.3 is 0 Å². The van der Waals surface area contributed by atoms with Crippen LogP contribution >= 0.6 is 11.6 Å². The first-order valence-electron chi connectivity index (χ1n) is 6.81. The molecule has 3 aromatic carbocycles. The van der Waals surface area contributed by atoms with Crippen LogP contribution in [0.4, 0.5) is 0 Å². The lowest BCUT2D eigenvalue weighted by atomic mass is 10.1. The van der Waals surface area contributed by atoms with Crippen LogP contribution in [0, 0.1) is 0 Å². The minimum atomic E-state index is -0.293. The van der Waals surface area contributed by atoms with Gasteiger partial charge in [-0.3, -0.25) is 4.79 Å². The number of hydrogen-bond acceptors (Lipinski definition) is 2. The lowest BCUT2D eigenvalue weighted by Gasteiger charge is -2.02. The average molecular weight is 309 g/mol. The summed E-state index contributed by atoms with van der Waals surface area (Å²) >= 11 is 5.87. The normalized spacial score (nSPS) is 11.0. The van der Waals surface area contributed by atoms with Crippen LogP contribution in [0.15, 0.2) is 71.8 Å². The van der Waals surface area contributed by atoms with Gasteiger partial charge in [-0.25, -0.2) is 5.43 Å². The number of benzene rings is 3. The van der Waals surface area contributed by atoms with Crippen LogP contribution < -0.4 is 5.43 Å². The molecule has 0 aliphatic rings. The first-order chi connectivity index (χ1) is 10.7. The summed E-state index contributed by atoms with van der Waals surface area (Å²) in [5, 5.41) is 6.77. The number of carbonyl (C=O) groups excluding carboxylic acids is 1. The fourth-order valence-electron chi connectivity index (χ4n) is 2.22. The van der Waals surface area contributed by atoms with Gasteiger partial charge in [0.25, 0.3) is 5.91 Å². The summed E-state index contributed by atoms with van der Waals surface area (Å²) in [6, 6.07) is 20.7. The zero-order valence-electron chi connectivity index (χ0n) is 11.7. The third kappa shape index (κ3) is 3.15. The van der Waals surface area contributed by atoms with Gasteiger partial charge in [-0.05, 0) is 29.0 Å². The SMILES string of the molecule is O=C(N/N=C\c1cccc2ccccc12)c1cccc(Cl)c1. The van der Waals surface area contributed by atoms with E-state index in [0.717, 1.165) is 16.3 Å². The van der Waals surface area contributed by atoms with E-state index in [1.54, 1.807) is 30.5 Å². The maximum absolute atomic E-state index is 12.0. The molecule has 0 radical (unpaired) electrons. The number of nitrogens with one attached hydrogen (secondary N) is 1. The lowest BCUT2D eigenvalue weighted by Crippen LogP contribution is -2.17. The highest BCUT2D eigenvalue weighted by molar-refractivity contribution is 6.30. The highest BCUT2D eigenvalue weighted by atomic mass is 35.5. The smallest absolute Gasteiger partial charge is 0.267 e. The second-order valence-corrected chi connectivity index (χ2v) is 5.21. The van der Waals surface area contributed by atoms with Gasteiger partial charge in [0, 0.05) is 16.1 Å². The molecular formula is C18H13ClN2O. The molecule has 0 saturated heterocycles. The number of nitrogens with zero attached hydrogens (tertiary/aromatic N) is 1. The Morgan fingerprint density at radius 1 is 1.00 bits per heavy atom. The topological polar surface area (TPSA) is 41.5 Å². The Balaban J connectivity index is 1.78. The van der Waals surface area contributed by atoms with Crippen molar-refractivity contribution in [2.45, 2.75) is 0 Å². The van der Waals surface area contributed by atoms with Crippen molar-refractivity contribution in [3.8, 4) is 0 Å². The van der Waals surface area contributed by atoms with Gasteiger partial charge in [0.1, 0.15) is 0 Å². The Morgan fingerprint density at radius 3 is 2.64 bits per heavy atom. The van der Waals surface area contributed by atoms with Crippen molar-refractivity contribution in [3.63, 3.8) is 0 Å². The first kappa shape index (κ1) is 14.3. The molecule has 0 spiro atoms. The van der Waals surface area contributed by atoms with E-state index in [9.17, 15) is 4.79 Å². The van der Waals surface area contributed by atoms with E-state index in [-0.39, 0.29) is 5.91 Å². The summed E-state index contributed by atoms with van der Waals surface area (Å²) < 4.78 is 0. The molecule has 0 aliphatic carbocycles. The summed E-state index contributed by atoms with van der Waals surface area (Å²) in [6.07, 6.45) is 1.64. The predicted octanol–water partition coefficient (Wildman–Crippen LogP) is 4.26. The van der Waals surface area contributed by atoms with E-state index in [1.807, 2.05) is 42.5 Å². The number of carbonyl (C=O) groups is 1. The van der Waals surface area contributed by atoms with Crippen LogP contribution in [0.5, 0.6) is 0 Å². The van der Waals surface area contributed by atoms with Crippen molar-refractivity contribution in [2.75, 3.05) is 0 Å². The fourth-order valence-corrected chi connectivity index (χ4v) is 2.41. The molecule has 0 aromatic heterocycles. The first-order valence-corrected chi connectivity index (χ1v) is 7.18. The summed E-state index contributed by atoms with van der Waals surface area (Å²) in [7, 11) is 0. The van der Waals surface area contributed by atoms with E-state index in [0.29, 0.717) is 10.6 Å². The zero-order chi connectivity index (χ0) is 15.4. The monoisotopic (exact) mass is 308 g/mol. The van der Waals surface area contributed by atoms with Gasteiger partial charge in [0.15, 0.2) is 0 Å². The van der Waals surface area contributed by atoms with Gasteiger partial charge in [-0.15, -0.1) is 0 Å². The average Bonchev–Trinajstić information content (AvgIpc) is 2.55. The third-order valence-corrected chi connectivity index (χ3v) is 3.51. The van der Waals surface area contributed by atoms with Gasteiger partial charge in [-0.1, -0.05) is 60.1 Å². The zero-order valence-corrected chi connectivity index (χ0v) is 12.4. The van der Waals surface area contributed by atoms with Crippen molar-refractivity contribution in [1.82, 2.24) is 5.43 Å². The van der Waals surface area contributed by atoms with Crippen molar-refractivity contribution in [3.05, 3.63) is 82.9 Å². The van der Waals surface area contributed by atoms with Crippen molar-refractivity contribution in [1.29, 1.82) is 0 Å². The molecule has 0 bridgehead atoms. The molecule has 3 nitrogen and oxygen atoms in total. The minimum Gasteiger partial charge on any atom is -0.267 e. The van der Waals surface area contributed by atoms with Crippen LogP contribution in [0.25, 0.3) is 10.8 Å². The van der Waals surface area contributed by atoms with E-state index < -0.39 is 0 Å². The van der Waals surface area contributed by atoms with E-state index >= 15 is 0 Å². The molecule has 3 rings (SSSR count). The van der Waals surface area contributed by atoms with Crippen LogP contribution in [0.2, 0.25) is 5.02 Å². The number of hydrazone groups is 1. The lowest BCUT2D eigenvalue weighted by molar-refractivity contribution is 0.0955. The molecular weight excluding hydrogens is 296 g/mol. The molecule has 0 heterocycles. The number of halogens is 1. The van der Waals surface area contributed by atoms with Crippen LogP contribution in [-0.4, -0.2) is 12.1 Å². The number of rotatable bonds is 3. The third-order valence-electron chi connectivity index (χ3n) is 3.28. The number of fused-ring (bicyclic) bond motifs is 1. The highest BCUT2D eigenvalue weighted by Crippen LogP contribution is 2.16. The van der Waals surface area contributed by atoms with Crippen LogP contribution in [0.3, 0.4) is 0 Å². The Kier molecular flexibility index (Phi) is 4.17. The van der Waals surface area contributed by atoms with Crippen LogP contribution in [-0.2, 0) is 0 Å². The fraction of sp³-hybridized carbons (Fsp3) is 0. The molecule has 1 amide bonds. The Morgan fingerprint density at radius 2 is 1.77 bits per heavy atom. The summed E-state index contributed by atoms with van der Waals surface area (Å²) in [6.45, 7) is 0.